The van der Waals surface area contributed by atoms with Gasteiger partial charge >= 0.3 is 0 Å². The zero-order valence-electron chi connectivity index (χ0n) is 15.0. The van der Waals surface area contributed by atoms with Gasteiger partial charge in [0.2, 0.25) is 0 Å². The minimum atomic E-state index is -0.197. The summed E-state index contributed by atoms with van der Waals surface area (Å²) in [5.41, 5.74) is 3.37. The summed E-state index contributed by atoms with van der Waals surface area (Å²) in [4.78, 5) is 15.0. The van der Waals surface area contributed by atoms with Gasteiger partial charge in [0.25, 0.3) is 5.91 Å². The first-order valence-corrected chi connectivity index (χ1v) is 9.10. The maximum absolute atomic E-state index is 13.1. The summed E-state index contributed by atoms with van der Waals surface area (Å²) in [7, 11) is 0. The zero-order chi connectivity index (χ0) is 18.0. The zero-order valence-corrected chi connectivity index (χ0v) is 15.7. The first kappa shape index (κ1) is 18.0. The molecule has 25 heavy (non-hydrogen) atoms. The Labute approximate surface area is 153 Å². The number of rotatable bonds is 4. The van der Waals surface area contributed by atoms with Gasteiger partial charge in [-0.25, -0.2) is 0 Å². The van der Waals surface area contributed by atoms with Gasteiger partial charge in [0.1, 0.15) is 6.10 Å². The van der Waals surface area contributed by atoms with E-state index in [1.165, 1.54) is 0 Å². The molecule has 2 aromatic rings. The van der Waals surface area contributed by atoms with E-state index in [9.17, 15) is 4.79 Å². The number of hydrogen-bond acceptors (Lipinski definition) is 3. The van der Waals surface area contributed by atoms with Crippen molar-refractivity contribution in [1.82, 2.24) is 14.7 Å². The molecule has 5 nitrogen and oxygen atoms in total. The molecule has 0 bridgehead atoms. The second-order valence-electron chi connectivity index (χ2n) is 6.40. The molecule has 6 heteroatoms. The van der Waals surface area contributed by atoms with E-state index < -0.39 is 0 Å². The molecule has 1 atom stereocenters. The third-order valence-electron chi connectivity index (χ3n) is 4.64. The lowest BCUT2D eigenvalue weighted by Crippen LogP contribution is -2.42. The van der Waals surface area contributed by atoms with Crippen LogP contribution in [0.25, 0.3) is 0 Å². The van der Waals surface area contributed by atoms with Gasteiger partial charge in [-0.05, 0) is 26.3 Å². The fourth-order valence-corrected chi connectivity index (χ4v) is 3.61. The predicted octanol–water partition coefficient (Wildman–Crippen LogP) is 3.78. The molecule has 0 N–H and O–H groups in total. The highest BCUT2D eigenvalue weighted by atomic mass is 35.5. The van der Waals surface area contributed by atoms with Crippen molar-refractivity contribution in [2.24, 2.45) is 0 Å². The smallest absolute Gasteiger partial charge is 0.257 e. The van der Waals surface area contributed by atoms with E-state index in [-0.39, 0.29) is 12.0 Å². The molecule has 1 fully saturated rings. The fourth-order valence-electron chi connectivity index (χ4n) is 3.35. The van der Waals surface area contributed by atoms with Crippen molar-refractivity contribution in [1.29, 1.82) is 0 Å². The number of carbonyl (C=O) groups excluding carboxylic acids is 1. The minimum Gasteiger partial charge on any atom is -0.370 e. The molecule has 1 aromatic carbocycles. The number of morpholine rings is 1. The molecule has 0 radical (unpaired) electrons. The Bertz CT molecular complexity index is 772. The molecule has 1 unspecified atom stereocenters. The number of aromatic nitrogens is 2. The Kier molecular flexibility index (Phi) is 5.45. The van der Waals surface area contributed by atoms with E-state index in [0.29, 0.717) is 30.3 Å². The first-order valence-electron chi connectivity index (χ1n) is 8.72. The molecule has 2 heterocycles. The van der Waals surface area contributed by atoms with Gasteiger partial charge < -0.3 is 9.64 Å². The fraction of sp³-hybridized carbons (Fsp3) is 0.474. The maximum atomic E-state index is 13.1. The monoisotopic (exact) mass is 361 g/mol. The van der Waals surface area contributed by atoms with Crippen LogP contribution in [-0.4, -0.2) is 40.3 Å². The van der Waals surface area contributed by atoms with E-state index >= 15 is 0 Å². The Balaban J connectivity index is 1.82. The van der Waals surface area contributed by atoms with Crippen LogP contribution in [0.15, 0.2) is 24.3 Å². The van der Waals surface area contributed by atoms with Crippen molar-refractivity contribution >= 4 is 17.5 Å². The molecule has 1 saturated heterocycles. The third kappa shape index (κ3) is 3.58. The van der Waals surface area contributed by atoms with Crippen LogP contribution in [0.5, 0.6) is 0 Å². The molecule has 0 spiro atoms. The number of halogens is 1. The van der Waals surface area contributed by atoms with Crippen molar-refractivity contribution < 1.29 is 9.53 Å². The van der Waals surface area contributed by atoms with Crippen LogP contribution in [0, 0.1) is 13.8 Å². The van der Waals surface area contributed by atoms with Crippen molar-refractivity contribution in [3.63, 3.8) is 0 Å². The number of aryl methyl sites for hydroxylation is 2. The molecule has 3 rings (SSSR count). The maximum Gasteiger partial charge on any atom is 0.257 e. The van der Waals surface area contributed by atoms with Crippen LogP contribution in [0.1, 0.15) is 46.8 Å². The van der Waals surface area contributed by atoms with E-state index in [1.807, 2.05) is 47.7 Å². The second-order valence-corrected chi connectivity index (χ2v) is 6.81. The lowest BCUT2D eigenvalue weighted by Gasteiger charge is -2.33. The van der Waals surface area contributed by atoms with Gasteiger partial charge in [-0.15, -0.1) is 0 Å². The largest absolute Gasteiger partial charge is 0.370 e. The first-order chi connectivity index (χ1) is 12.0. The molecule has 1 aliphatic heterocycles. The highest BCUT2D eigenvalue weighted by Gasteiger charge is 2.30. The Hall–Kier alpha value is -1.85. The summed E-state index contributed by atoms with van der Waals surface area (Å²) in [5, 5.41) is 5.20. The number of hydrogen-bond donors (Lipinski definition) is 0. The Morgan fingerprint density at radius 3 is 2.84 bits per heavy atom. The SMILES string of the molecule is CCCn1nc(C)c(C(=O)N2CCOC(c3ccccc3Cl)C2)c1C. The lowest BCUT2D eigenvalue weighted by molar-refractivity contribution is -0.0228. The number of amides is 1. The van der Waals surface area contributed by atoms with E-state index in [4.69, 9.17) is 16.3 Å². The number of carbonyl (C=O) groups is 1. The average Bonchev–Trinajstić information content (AvgIpc) is 2.89. The van der Waals surface area contributed by atoms with Crippen LogP contribution in [0.4, 0.5) is 0 Å². The van der Waals surface area contributed by atoms with E-state index in [1.54, 1.807) is 0 Å². The normalized spacial score (nSPS) is 17.8. The van der Waals surface area contributed by atoms with Gasteiger partial charge in [-0.1, -0.05) is 36.7 Å². The van der Waals surface area contributed by atoms with Crippen molar-refractivity contribution in [2.45, 2.75) is 39.8 Å². The van der Waals surface area contributed by atoms with Gasteiger partial charge in [0, 0.05) is 29.4 Å². The minimum absolute atomic E-state index is 0.0257. The molecule has 134 valence electrons. The molecule has 1 amide bonds. The van der Waals surface area contributed by atoms with Crippen LogP contribution < -0.4 is 0 Å². The highest BCUT2D eigenvalue weighted by molar-refractivity contribution is 6.31. The quantitative estimate of drug-likeness (QED) is 0.832. The van der Waals surface area contributed by atoms with Gasteiger partial charge in [-0.2, -0.15) is 5.10 Å². The molecule has 1 aliphatic rings. The van der Waals surface area contributed by atoms with Gasteiger partial charge in [0.15, 0.2) is 0 Å². The van der Waals surface area contributed by atoms with Crippen molar-refractivity contribution in [3.8, 4) is 0 Å². The Morgan fingerprint density at radius 2 is 2.12 bits per heavy atom. The van der Waals surface area contributed by atoms with Crippen molar-refractivity contribution in [2.75, 3.05) is 19.7 Å². The molecule has 0 aliphatic carbocycles. The predicted molar refractivity (Wildman–Crippen MR) is 98.0 cm³/mol. The topological polar surface area (TPSA) is 47.4 Å². The lowest BCUT2D eigenvalue weighted by atomic mass is 10.1. The molecular formula is C19H24ClN3O2. The molecule has 0 saturated carbocycles. The second kappa shape index (κ2) is 7.58. The summed E-state index contributed by atoms with van der Waals surface area (Å²) >= 11 is 6.29. The average molecular weight is 362 g/mol. The van der Waals surface area contributed by atoms with Crippen LogP contribution in [0.2, 0.25) is 5.02 Å². The van der Waals surface area contributed by atoms with Crippen molar-refractivity contribution in [3.05, 3.63) is 51.8 Å². The number of ether oxygens (including phenoxy) is 1. The van der Waals surface area contributed by atoms with Crippen LogP contribution in [-0.2, 0) is 11.3 Å². The highest BCUT2D eigenvalue weighted by Crippen LogP contribution is 2.29. The van der Waals surface area contributed by atoms with Crippen LogP contribution >= 0.6 is 11.6 Å². The standard InChI is InChI=1S/C19H24ClN3O2/c1-4-9-23-14(3)18(13(2)21-23)19(24)22-10-11-25-17(12-22)15-7-5-6-8-16(15)20/h5-8,17H,4,9-12H2,1-3H3. The van der Waals surface area contributed by atoms with Gasteiger partial charge in [-0.3, -0.25) is 9.48 Å². The summed E-state index contributed by atoms with van der Waals surface area (Å²) < 4.78 is 7.79. The molecular weight excluding hydrogens is 338 g/mol. The summed E-state index contributed by atoms with van der Waals surface area (Å²) in [6.45, 7) is 8.38. The summed E-state index contributed by atoms with van der Waals surface area (Å²) in [6, 6.07) is 7.64. The van der Waals surface area contributed by atoms with Crippen LogP contribution in [0.3, 0.4) is 0 Å². The number of nitrogens with zero attached hydrogens (tertiary/aromatic N) is 3. The third-order valence-corrected chi connectivity index (χ3v) is 4.98. The van der Waals surface area contributed by atoms with E-state index in [2.05, 4.69) is 12.0 Å². The van der Waals surface area contributed by atoms with Gasteiger partial charge in [0.05, 0.1) is 24.4 Å². The summed E-state index contributed by atoms with van der Waals surface area (Å²) in [6.07, 6.45) is 0.791. The summed E-state index contributed by atoms with van der Waals surface area (Å²) in [5.74, 6) is 0.0257. The van der Waals surface area contributed by atoms with E-state index in [0.717, 1.165) is 29.9 Å². The molecule has 1 aromatic heterocycles. The number of benzene rings is 1. The Morgan fingerprint density at radius 1 is 1.36 bits per heavy atom.